The Morgan fingerprint density at radius 3 is 2.85 bits per heavy atom. The molecule has 2 atom stereocenters. The largest absolute Gasteiger partial charge is 0.339 e. The van der Waals surface area contributed by atoms with Gasteiger partial charge in [0.15, 0.2) is 0 Å². The summed E-state index contributed by atoms with van der Waals surface area (Å²) in [5, 5.41) is 7.48. The fraction of sp³-hybridized carbons (Fsp3) is 0.500. The second-order valence-corrected chi connectivity index (χ2v) is 5.80. The molecule has 0 aliphatic heterocycles. The van der Waals surface area contributed by atoms with Crippen LogP contribution in [-0.2, 0) is 0 Å². The van der Waals surface area contributed by atoms with Gasteiger partial charge in [0, 0.05) is 28.5 Å². The first kappa shape index (κ1) is 15.1. The number of rotatable bonds is 6. The second-order valence-electron chi connectivity index (χ2n) is 4.88. The predicted molar refractivity (Wildman–Crippen MR) is 81.4 cm³/mol. The molecule has 108 valence electrons. The van der Waals surface area contributed by atoms with Crippen molar-refractivity contribution in [3.63, 3.8) is 0 Å². The molecule has 5 nitrogen and oxygen atoms in total. The van der Waals surface area contributed by atoms with E-state index in [1.54, 1.807) is 12.4 Å². The van der Waals surface area contributed by atoms with Gasteiger partial charge in [-0.1, -0.05) is 19.0 Å². The Bertz CT molecular complexity index is 558. The van der Waals surface area contributed by atoms with Crippen molar-refractivity contribution in [1.29, 1.82) is 0 Å². The zero-order valence-electron chi connectivity index (χ0n) is 11.9. The standard InChI is InChI=1S/C14H19BrN4O/c1-4-5-17-10(3)9(2)14-18-13(19-20-14)11-6-12(15)8-16-7-11/h6-10,17H,4-5H2,1-3H3. The Morgan fingerprint density at radius 1 is 1.35 bits per heavy atom. The minimum absolute atomic E-state index is 0.169. The van der Waals surface area contributed by atoms with Crippen molar-refractivity contribution in [3.05, 3.63) is 28.8 Å². The SMILES string of the molecule is CCCNC(C)C(C)c1nc(-c2cncc(Br)c2)no1. The number of nitrogens with zero attached hydrogens (tertiary/aromatic N) is 3. The lowest BCUT2D eigenvalue weighted by Gasteiger charge is -2.17. The molecule has 2 aromatic heterocycles. The first-order chi connectivity index (χ1) is 9.61. The summed E-state index contributed by atoms with van der Waals surface area (Å²) in [7, 11) is 0. The fourth-order valence-electron chi connectivity index (χ4n) is 1.83. The molecule has 0 saturated heterocycles. The summed E-state index contributed by atoms with van der Waals surface area (Å²) in [6, 6.07) is 2.22. The van der Waals surface area contributed by atoms with E-state index in [0.717, 1.165) is 23.0 Å². The molecule has 0 saturated carbocycles. The third kappa shape index (κ3) is 3.64. The highest BCUT2D eigenvalue weighted by atomic mass is 79.9. The van der Waals surface area contributed by atoms with Gasteiger partial charge in [-0.15, -0.1) is 0 Å². The molecule has 20 heavy (non-hydrogen) atoms. The summed E-state index contributed by atoms with van der Waals surface area (Å²) in [6.45, 7) is 7.35. The molecule has 2 heterocycles. The van der Waals surface area contributed by atoms with Gasteiger partial charge in [0.05, 0.1) is 5.92 Å². The van der Waals surface area contributed by atoms with E-state index in [9.17, 15) is 0 Å². The van der Waals surface area contributed by atoms with Crippen LogP contribution >= 0.6 is 15.9 Å². The van der Waals surface area contributed by atoms with Gasteiger partial charge >= 0.3 is 0 Å². The number of pyridine rings is 1. The number of aromatic nitrogens is 3. The molecule has 0 amide bonds. The number of hydrogen-bond acceptors (Lipinski definition) is 5. The maximum Gasteiger partial charge on any atom is 0.231 e. The fourth-order valence-corrected chi connectivity index (χ4v) is 2.20. The zero-order chi connectivity index (χ0) is 14.5. The van der Waals surface area contributed by atoms with Crippen LogP contribution in [0.2, 0.25) is 0 Å². The number of nitrogens with one attached hydrogen (secondary N) is 1. The molecule has 2 aromatic rings. The van der Waals surface area contributed by atoms with E-state index in [1.807, 2.05) is 6.07 Å². The molecule has 2 unspecified atom stereocenters. The lowest BCUT2D eigenvalue weighted by molar-refractivity contribution is 0.331. The quantitative estimate of drug-likeness (QED) is 0.874. The van der Waals surface area contributed by atoms with Gasteiger partial charge in [-0.2, -0.15) is 4.98 Å². The van der Waals surface area contributed by atoms with Gasteiger partial charge in [0.1, 0.15) is 0 Å². The monoisotopic (exact) mass is 338 g/mol. The molecule has 0 aromatic carbocycles. The maximum atomic E-state index is 5.38. The van der Waals surface area contributed by atoms with Crippen molar-refractivity contribution >= 4 is 15.9 Å². The molecular formula is C14H19BrN4O. The topological polar surface area (TPSA) is 63.8 Å². The minimum atomic E-state index is 0.169. The number of halogens is 1. The molecular weight excluding hydrogens is 320 g/mol. The third-order valence-electron chi connectivity index (χ3n) is 3.26. The highest BCUT2D eigenvalue weighted by molar-refractivity contribution is 9.10. The van der Waals surface area contributed by atoms with Crippen LogP contribution in [0, 0.1) is 0 Å². The van der Waals surface area contributed by atoms with E-state index in [1.165, 1.54) is 0 Å². The highest BCUT2D eigenvalue weighted by Gasteiger charge is 2.20. The summed E-state index contributed by atoms with van der Waals surface area (Å²) < 4.78 is 6.27. The summed E-state index contributed by atoms with van der Waals surface area (Å²) >= 11 is 3.39. The predicted octanol–water partition coefficient (Wildman–Crippen LogP) is 3.39. The van der Waals surface area contributed by atoms with Gasteiger partial charge in [-0.05, 0) is 41.9 Å². The second kappa shape index (κ2) is 6.95. The molecule has 1 N–H and O–H groups in total. The maximum absolute atomic E-state index is 5.38. The van der Waals surface area contributed by atoms with E-state index < -0.39 is 0 Å². The molecule has 2 rings (SSSR count). The summed E-state index contributed by atoms with van der Waals surface area (Å²) in [6.07, 6.45) is 4.56. The molecule has 0 bridgehead atoms. The Hall–Kier alpha value is -1.27. The average molecular weight is 339 g/mol. The van der Waals surface area contributed by atoms with Crippen molar-refractivity contribution in [2.24, 2.45) is 0 Å². The Labute approximate surface area is 127 Å². The van der Waals surface area contributed by atoms with Crippen molar-refractivity contribution in [2.45, 2.75) is 39.2 Å². The van der Waals surface area contributed by atoms with Gasteiger partial charge in [-0.25, -0.2) is 0 Å². The van der Waals surface area contributed by atoms with Gasteiger partial charge in [0.25, 0.3) is 0 Å². The van der Waals surface area contributed by atoms with Gasteiger partial charge in [-0.3, -0.25) is 4.98 Å². The molecule has 0 fully saturated rings. The zero-order valence-corrected chi connectivity index (χ0v) is 13.5. The summed E-state index contributed by atoms with van der Waals surface area (Å²) in [5.41, 5.74) is 0.843. The summed E-state index contributed by atoms with van der Waals surface area (Å²) in [5.74, 6) is 1.39. The van der Waals surface area contributed by atoms with Gasteiger partial charge < -0.3 is 9.84 Å². The van der Waals surface area contributed by atoms with Crippen LogP contribution in [-0.4, -0.2) is 27.7 Å². The highest BCUT2D eigenvalue weighted by Crippen LogP contribution is 2.23. The van der Waals surface area contributed by atoms with E-state index >= 15 is 0 Å². The van der Waals surface area contributed by atoms with Crippen LogP contribution in [0.5, 0.6) is 0 Å². The van der Waals surface area contributed by atoms with E-state index in [0.29, 0.717) is 17.8 Å². The summed E-state index contributed by atoms with van der Waals surface area (Å²) in [4.78, 5) is 8.58. The third-order valence-corrected chi connectivity index (χ3v) is 3.69. The normalized spacial score (nSPS) is 14.2. The van der Waals surface area contributed by atoms with E-state index in [2.05, 4.69) is 57.1 Å². The lowest BCUT2D eigenvalue weighted by atomic mass is 10.0. The first-order valence-corrected chi connectivity index (χ1v) is 7.59. The molecule has 0 aliphatic carbocycles. The van der Waals surface area contributed by atoms with Crippen LogP contribution in [0.4, 0.5) is 0 Å². The smallest absolute Gasteiger partial charge is 0.231 e. The Morgan fingerprint density at radius 2 is 2.15 bits per heavy atom. The molecule has 0 spiro atoms. The molecule has 0 aliphatic rings. The van der Waals surface area contributed by atoms with Crippen LogP contribution in [0.25, 0.3) is 11.4 Å². The molecule has 6 heteroatoms. The van der Waals surface area contributed by atoms with E-state index in [-0.39, 0.29) is 5.92 Å². The van der Waals surface area contributed by atoms with Crippen molar-refractivity contribution in [1.82, 2.24) is 20.4 Å². The minimum Gasteiger partial charge on any atom is -0.339 e. The Kier molecular flexibility index (Phi) is 5.25. The van der Waals surface area contributed by atoms with Crippen LogP contribution in [0.3, 0.4) is 0 Å². The van der Waals surface area contributed by atoms with Crippen LogP contribution < -0.4 is 5.32 Å². The van der Waals surface area contributed by atoms with Crippen molar-refractivity contribution in [3.8, 4) is 11.4 Å². The first-order valence-electron chi connectivity index (χ1n) is 6.79. The molecule has 0 radical (unpaired) electrons. The van der Waals surface area contributed by atoms with Crippen LogP contribution in [0.15, 0.2) is 27.5 Å². The van der Waals surface area contributed by atoms with E-state index in [4.69, 9.17) is 4.52 Å². The Balaban J connectivity index is 2.12. The van der Waals surface area contributed by atoms with Crippen molar-refractivity contribution in [2.75, 3.05) is 6.54 Å². The van der Waals surface area contributed by atoms with Gasteiger partial charge in [0.2, 0.25) is 11.7 Å². The van der Waals surface area contributed by atoms with Crippen molar-refractivity contribution < 1.29 is 4.52 Å². The lowest BCUT2D eigenvalue weighted by Crippen LogP contribution is -2.31. The van der Waals surface area contributed by atoms with Crippen LogP contribution in [0.1, 0.15) is 39.0 Å². The average Bonchev–Trinajstić information content (AvgIpc) is 2.93. The number of hydrogen-bond donors (Lipinski definition) is 1.